The van der Waals surface area contributed by atoms with Gasteiger partial charge in [-0.3, -0.25) is 19.3 Å². The third kappa shape index (κ3) is 4.15. The molecular formula is C17H29N5O2. The van der Waals surface area contributed by atoms with Crippen molar-refractivity contribution < 1.29 is 9.90 Å². The first-order chi connectivity index (χ1) is 11.5. The monoisotopic (exact) mass is 335 g/mol. The summed E-state index contributed by atoms with van der Waals surface area (Å²) in [5.41, 5.74) is 0. The quantitative estimate of drug-likeness (QED) is 0.802. The molecule has 0 spiro atoms. The van der Waals surface area contributed by atoms with Gasteiger partial charge in [-0.15, -0.1) is 0 Å². The summed E-state index contributed by atoms with van der Waals surface area (Å²) in [7, 11) is 0. The Morgan fingerprint density at radius 1 is 1.25 bits per heavy atom. The van der Waals surface area contributed by atoms with Crippen LogP contribution in [0.1, 0.15) is 13.8 Å². The average Bonchev–Trinajstić information content (AvgIpc) is 3.17. The van der Waals surface area contributed by atoms with E-state index < -0.39 is 6.10 Å². The maximum Gasteiger partial charge on any atom is 0.219 e. The van der Waals surface area contributed by atoms with E-state index in [2.05, 4.69) is 21.8 Å². The molecular weight excluding hydrogens is 306 g/mol. The van der Waals surface area contributed by atoms with Gasteiger partial charge in [0.05, 0.1) is 12.6 Å². The summed E-state index contributed by atoms with van der Waals surface area (Å²) in [5, 5.41) is 14.5. The molecule has 1 aromatic heterocycles. The highest BCUT2D eigenvalue weighted by Gasteiger charge is 2.36. The molecule has 0 aromatic carbocycles. The Balaban J connectivity index is 1.47. The summed E-state index contributed by atoms with van der Waals surface area (Å²) in [4.78, 5) is 18.3. The van der Waals surface area contributed by atoms with Crippen molar-refractivity contribution in [2.45, 2.75) is 32.5 Å². The van der Waals surface area contributed by atoms with Gasteiger partial charge in [-0.2, -0.15) is 5.10 Å². The molecule has 1 amide bonds. The van der Waals surface area contributed by atoms with Gasteiger partial charge in [0.1, 0.15) is 0 Å². The van der Waals surface area contributed by atoms with E-state index in [1.807, 2.05) is 17.2 Å². The van der Waals surface area contributed by atoms with E-state index in [-0.39, 0.29) is 5.91 Å². The Morgan fingerprint density at radius 2 is 2.00 bits per heavy atom. The minimum absolute atomic E-state index is 0.178. The highest BCUT2D eigenvalue weighted by Crippen LogP contribution is 2.23. The molecule has 2 fully saturated rings. The molecule has 7 nitrogen and oxygen atoms in total. The number of carbonyl (C=O) groups is 1. The zero-order valence-corrected chi connectivity index (χ0v) is 14.7. The van der Waals surface area contributed by atoms with Gasteiger partial charge in [-0.25, -0.2) is 0 Å². The van der Waals surface area contributed by atoms with Crippen LogP contribution in [0.4, 0.5) is 0 Å². The van der Waals surface area contributed by atoms with E-state index in [0.29, 0.717) is 25.0 Å². The highest BCUT2D eigenvalue weighted by molar-refractivity contribution is 5.73. The number of β-amino-alcohol motifs (C(OH)–C–C–N with tert-alkyl or cyclic N) is 1. The molecule has 3 heterocycles. The number of piperazine rings is 1. The van der Waals surface area contributed by atoms with Crippen molar-refractivity contribution >= 4 is 5.91 Å². The Hall–Kier alpha value is -1.44. The molecule has 0 saturated carbocycles. The predicted octanol–water partition coefficient (Wildman–Crippen LogP) is -0.272. The van der Waals surface area contributed by atoms with Gasteiger partial charge in [0.2, 0.25) is 5.91 Å². The lowest BCUT2D eigenvalue weighted by atomic mass is 10.0. The molecule has 3 atom stereocenters. The van der Waals surface area contributed by atoms with Gasteiger partial charge in [0, 0.05) is 71.2 Å². The number of nitrogens with zero attached hydrogens (tertiary/aromatic N) is 5. The maximum absolute atomic E-state index is 11.5. The zero-order chi connectivity index (χ0) is 17.1. The van der Waals surface area contributed by atoms with Crippen molar-refractivity contribution in [2.75, 3.05) is 45.8 Å². The van der Waals surface area contributed by atoms with Gasteiger partial charge in [-0.1, -0.05) is 6.92 Å². The molecule has 7 heteroatoms. The maximum atomic E-state index is 11.5. The van der Waals surface area contributed by atoms with Crippen LogP contribution in [0.15, 0.2) is 18.5 Å². The van der Waals surface area contributed by atoms with Crippen LogP contribution in [0.3, 0.4) is 0 Å². The lowest BCUT2D eigenvalue weighted by molar-refractivity contribution is -0.130. The number of rotatable bonds is 5. The standard InChI is InChI=1S/C17H29N5O2/c1-14-10-19(11-16(24)12-22-5-3-4-18-22)13-17(14)21-8-6-20(7-9-21)15(2)23/h3-5,14,16-17,24H,6-13H2,1-2H3/t14-,16+,17+/m0/s1. The van der Waals surface area contributed by atoms with Crippen molar-refractivity contribution in [3.05, 3.63) is 18.5 Å². The second-order valence-electron chi connectivity index (χ2n) is 7.19. The average molecular weight is 335 g/mol. The van der Waals surface area contributed by atoms with Gasteiger partial charge < -0.3 is 10.0 Å². The van der Waals surface area contributed by atoms with E-state index in [1.165, 1.54) is 0 Å². The molecule has 0 radical (unpaired) electrons. The number of aliphatic hydroxyl groups is 1. The van der Waals surface area contributed by atoms with E-state index >= 15 is 0 Å². The SMILES string of the molecule is CC(=O)N1CCN([C@@H]2CN(C[C@@H](O)Cn3cccn3)C[C@@H]2C)CC1. The lowest BCUT2D eigenvalue weighted by Gasteiger charge is -2.39. The smallest absolute Gasteiger partial charge is 0.219 e. The normalized spacial score (nSPS) is 27.5. The second kappa shape index (κ2) is 7.63. The number of hydrogen-bond acceptors (Lipinski definition) is 5. The second-order valence-corrected chi connectivity index (χ2v) is 7.19. The number of aromatic nitrogens is 2. The Labute approximate surface area is 143 Å². The fourth-order valence-corrected chi connectivity index (χ4v) is 4.02. The predicted molar refractivity (Wildman–Crippen MR) is 91.5 cm³/mol. The molecule has 0 unspecified atom stereocenters. The van der Waals surface area contributed by atoms with Crippen LogP contribution < -0.4 is 0 Å². The van der Waals surface area contributed by atoms with Crippen LogP contribution in [0.5, 0.6) is 0 Å². The van der Waals surface area contributed by atoms with E-state index in [1.54, 1.807) is 17.8 Å². The van der Waals surface area contributed by atoms with E-state index in [0.717, 1.165) is 39.3 Å². The van der Waals surface area contributed by atoms with Gasteiger partial charge in [0.15, 0.2) is 0 Å². The van der Waals surface area contributed by atoms with E-state index in [4.69, 9.17) is 0 Å². The van der Waals surface area contributed by atoms with E-state index in [9.17, 15) is 9.90 Å². The van der Waals surface area contributed by atoms with Gasteiger partial charge in [-0.05, 0) is 12.0 Å². The molecule has 1 aromatic rings. The van der Waals surface area contributed by atoms with Crippen molar-refractivity contribution in [2.24, 2.45) is 5.92 Å². The van der Waals surface area contributed by atoms with Crippen molar-refractivity contribution in [1.29, 1.82) is 0 Å². The molecule has 0 aliphatic carbocycles. The highest BCUT2D eigenvalue weighted by atomic mass is 16.3. The van der Waals surface area contributed by atoms with Crippen LogP contribution in [0.2, 0.25) is 0 Å². The van der Waals surface area contributed by atoms with Crippen LogP contribution in [-0.4, -0.2) is 93.5 Å². The molecule has 1 N–H and O–H groups in total. The summed E-state index contributed by atoms with van der Waals surface area (Å²) in [6.07, 6.45) is 3.22. The number of likely N-dealkylation sites (tertiary alicyclic amines) is 1. The molecule has 2 saturated heterocycles. The van der Waals surface area contributed by atoms with Crippen LogP contribution >= 0.6 is 0 Å². The van der Waals surface area contributed by atoms with Crippen LogP contribution in [0.25, 0.3) is 0 Å². The van der Waals surface area contributed by atoms with Gasteiger partial charge in [0.25, 0.3) is 0 Å². The first-order valence-electron chi connectivity index (χ1n) is 8.90. The fourth-order valence-electron chi connectivity index (χ4n) is 4.02. The Kier molecular flexibility index (Phi) is 5.53. The summed E-state index contributed by atoms with van der Waals surface area (Å²) in [6, 6.07) is 2.40. The fraction of sp³-hybridized carbons (Fsp3) is 0.765. The van der Waals surface area contributed by atoms with Gasteiger partial charge >= 0.3 is 0 Å². The summed E-state index contributed by atoms with van der Waals surface area (Å²) < 4.78 is 1.78. The number of amides is 1. The zero-order valence-electron chi connectivity index (χ0n) is 14.7. The minimum Gasteiger partial charge on any atom is -0.390 e. The lowest BCUT2D eigenvalue weighted by Crippen LogP contribution is -2.53. The first kappa shape index (κ1) is 17.4. The summed E-state index contributed by atoms with van der Waals surface area (Å²) in [6.45, 7) is 10.8. The first-order valence-corrected chi connectivity index (χ1v) is 8.90. The molecule has 3 rings (SSSR count). The van der Waals surface area contributed by atoms with Crippen molar-refractivity contribution in [3.63, 3.8) is 0 Å². The molecule has 134 valence electrons. The molecule has 2 aliphatic heterocycles. The number of hydrogen-bond donors (Lipinski definition) is 1. The summed E-state index contributed by atoms with van der Waals surface area (Å²) >= 11 is 0. The molecule has 0 bridgehead atoms. The third-order valence-electron chi connectivity index (χ3n) is 5.30. The number of carbonyl (C=O) groups excluding carboxylic acids is 1. The Bertz CT molecular complexity index is 527. The summed E-state index contributed by atoms with van der Waals surface area (Å²) in [5.74, 6) is 0.767. The Morgan fingerprint density at radius 3 is 2.62 bits per heavy atom. The van der Waals surface area contributed by atoms with Crippen LogP contribution in [0, 0.1) is 5.92 Å². The topological polar surface area (TPSA) is 64.8 Å². The largest absolute Gasteiger partial charge is 0.390 e. The number of aliphatic hydroxyl groups excluding tert-OH is 1. The van der Waals surface area contributed by atoms with Crippen LogP contribution in [-0.2, 0) is 11.3 Å². The van der Waals surface area contributed by atoms with Crippen molar-refractivity contribution in [1.82, 2.24) is 24.5 Å². The third-order valence-corrected chi connectivity index (χ3v) is 5.30. The van der Waals surface area contributed by atoms with Crippen molar-refractivity contribution in [3.8, 4) is 0 Å². The molecule has 2 aliphatic rings. The minimum atomic E-state index is -0.398. The molecule has 24 heavy (non-hydrogen) atoms.